The van der Waals surface area contributed by atoms with E-state index in [2.05, 4.69) is 24.1 Å². The Labute approximate surface area is 190 Å². The minimum atomic E-state index is -0.840. The van der Waals surface area contributed by atoms with Gasteiger partial charge in [0.2, 0.25) is 5.91 Å². The van der Waals surface area contributed by atoms with E-state index in [1.807, 2.05) is 24.3 Å². The molecule has 1 atom stereocenters. The Morgan fingerprint density at radius 2 is 1.83 bits per heavy atom. The molecular formula is C20H32Cl3N3O3. The van der Waals surface area contributed by atoms with Gasteiger partial charge in [0, 0.05) is 37.9 Å². The number of ether oxygens (including phenoxy) is 2. The average molecular weight is 469 g/mol. The van der Waals surface area contributed by atoms with Gasteiger partial charge in [-0.2, -0.15) is 0 Å². The van der Waals surface area contributed by atoms with E-state index in [-0.39, 0.29) is 42.4 Å². The topological polar surface area (TPSA) is 76.8 Å². The maximum absolute atomic E-state index is 12.8. The largest absolute Gasteiger partial charge is 0.381 e. The van der Waals surface area contributed by atoms with Gasteiger partial charge in [0.15, 0.2) is 0 Å². The van der Waals surface area contributed by atoms with Crippen LogP contribution in [0.3, 0.4) is 0 Å². The van der Waals surface area contributed by atoms with Crippen molar-refractivity contribution in [2.75, 3.05) is 39.5 Å². The molecular weight excluding hydrogens is 437 g/mol. The van der Waals surface area contributed by atoms with Gasteiger partial charge in [-0.3, -0.25) is 9.69 Å². The molecule has 6 nitrogen and oxygen atoms in total. The van der Waals surface area contributed by atoms with Crippen LogP contribution in [0.25, 0.3) is 0 Å². The Balaban J connectivity index is 0.00000210. The quantitative estimate of drug-likeness (QED) is 0.695. The third kappa shape index (κ3) is 6.96. The number of amides is 1. The fourth-order valence-corrected chi connectivity index (χ4v) is 3.92. The minimum absolute atomic E-state index is 0. The number of hydrogen-bond acceptors (Lipinski definition) is 5. The van der Waals surface area contributed by atoms with E-state index in [0.717, 1.165) is 18.7 Å². The van der Waals surface area contributed by atoms with Crippen molar-refractivity contribution in [2.45, 2.75) is 43.9 Å². The molecule has 2 aliphatic rings. The summed E-state index contributed by atoms with van der Waals surface area (Å²) in [5, 5.41) is 3.80. The number of nitrogens with one attached hydrogen (secondary N) is 1. The SMILES string of the molecule is CC1(C)CN(C(CNC(=O)C2(N)CCOCC2)c2ccc(Cl)cc2)CCO1.Cl.Cl. The highest BCUT2D eigenvalue weighted by Crippen LogP contribution is 2.28. The van der Waals surface area contributed by atoms with Crippen LogP contribution >= 0.6 is 36.4 Å². The van der Waals surface area contributed by atoms with Gasteiger partial charge in [-0.15, -0.1) is 24.8 Å². The molecule has 3 N–H and O–H groups in total. The van der Waals surface area contributed by atoms with E-state index >= 15 is 0 Å². The summed E-state index contributed by atoms with van der Waals surface area (Å²) in [5.74, 6) is -0.0997. The number of hydrogen-bond donors (Lipinski definition) is 2. The number of benzene rings is 1. The van der Waals surface area contributed by atoms with Gasteiger partial charge in [0.1, 0.15) is 0 Å². The molecule has 9 heteroatoms. The molecule has 0 aliphatic carbocycles. The predicted molar refractivity (Wildman–Crippen MR) is 120 cm³/mol. The second kappa shape index (κ2) is 11.1. The molecule has 0 bridgehead atoms. The molecule has 0 radical (unpaired) electrons. The molecule has 0 spiro atoms. The Morgan fingerprint density at radius 1 is 1.21 bits per heavy atom. The standard InChI is InChI=1S/C20H30ClN3O3.2ClH/c1-19(2)14-24(9-12-27-19)17(15-3-5-16(21)6-4-15)13-23-18(25)20(22)7-10-26-11-8-20;;/h3-6,17H,7-14,22H2,1-2H3,(H,23,25);2*1H. The molecule has 2 fully saturated rings. The van der Waals surface area contributed by atoms with Crippen LogP contribution < -0.4 is 11.1 Å². The molecule has 29 heavy (non-hydrogen) atoms. The zero-order valence-electron chi connectivity index (χ0n) is 17.0. The fourth-order valence-electron chi connectivity index (χ4n) is 3.79. The van der Waals surface area contributed by atoms with Gasteiger partial charge in [0.05, 0.1) is 23.8 Å². The van der Waals surface area contributed by atoms with Gasteiger partial charge in [-0.1, -0.05) is 23.7 Å². The third-order valence-electron chi connectivity index (χ3n) is 5.44. The summed E-state index contributed by atoms with van der Waals surface area (Å²) in [4.78, 5) is 15.1. The summed E-state index contributed by atoms with van der Waals surface area (Å²) in [5.41, 5.74) is 6.39. The number of nitrogens with two attached hydrogens (primary N) is 1. The first kappa shape index (κ1) is 26.4. The average Bonchev–Trinajstić information content (AvgIpc) is 2.63. The van der Waals surface area contributed by atoms with Crippen LogP contribution in [0.2, 0.25) is 5.02 Å². The highest BCUT2D eigenvalue weighted by Gasteiger charge is 2.37. The molecule has 2 saturated heterocycles. The Hall–Kier alpha value is -0.600. The van der Waals surface area contributed by atoms with E-state index in [9.17, 15) is 4.79 Å². The molecule has 2 aliphatic heterocycles. The fraction of sp³-hybridized carbons (Fsp3) is 0.650. The van der Waals surface area contributed by atoms with Crippen molar-refractivity contribution in [2.24, 2.45) is 5.73 Å². The van der Waals surface area contributed by atoms with Gasteiger partial charge in [-0.25, -0.2) is 0 Å². The zero-order chi connectivity index (χ0) is 19.5. The predicted octanol–water partition coefficient (Wildman–Crippen LogP) is 2.96. The summed E-state index contributed by atoms with van der Waals surface area (Å²) < 4.78 is 11.2. The lowest BCUT2D eigenvalue weighted by Crippen LogP contribution is -2.58. The maximum atomic E-state index is 12.8. The number of carbonyl (C=O) groups excluding carboxylic acids is 1. The summed E-state index contributed by atoms with van der Waals surface area (Å²) in [6.45, 7) is 8.01. The summed E-state index contributed by atoms with van der Waals surface area (Å²) in [7, 11) is 0. The van der Waals surface area contributed by atoms with Gasteiger partial charge in [-0.05, 0) is 44.4 Å². The number of carbonyl (C=O) groups is 1. The van der Waals surface area contributed by atoms with Gasteiger partial charge >= 0.3 is 0 Å². The van der Waals surface area contributed by atoms with Crippen LogP contribution in [0.15, 0.2) is 24.3 Å². The van der Waals surface area contributed by atoms with Crippen LogP contribution in [0.4, 0.5) is 0 Å². The van der Waals surface area contributed by atoms with E-state index in [1.165, 1.54) is 0 Å². The number of morpholine rings is 1. The highest BCUT2D eigenvalue weighted by atomic mass is 35.5. The normalized spacial score (nSPS) is 21.9. The first-order valence-corrected chi connectivity index (χ1v) is 9.95. The van der Waals surface area contributed by atoms with Crippen molar-refractivity contribution in [3.8, 4) is 0 Å². The second-order valence-electron chi connectivity index (χ2n) is 8.12. The van der Waals surface area contributed by atoms with E-state index in [0.29, 0.717) is 44.2 Å². The molecule has 1 aromatic carbocycles. The molecule has 0 aromatic heterocycles. The molecule has 166 valence electrons. The number of rotatable bonds is 5. The van der Waals surface area contributed by atoms with Crippen molar-refractivity contribution in [1.29, 1.82) is 0 Å². The number of nitrogens with zero attached hydrogens (tertiary/aromatic N) is 1. The van der Waals surface area contributed by atoms with Crippen LogP contribution in [0.1, 0.15) is 38.3 Å². The Morgan fingerprint density at radius 3 is 2.41 bits per heavy atom. The Kier molecular flexibility index (Phi) is 10.2. The molecule has 1 aromatic rings. The van der Waals surface area contributed by atoms with E-state index in [4.69, 9.17) is 26.8 Å². The maximum Gasteiger partial charge on any atom is 0.240 e. The molecule has 2 heterocycles. The van der Waals surface area contributed by atoms with Crippen LogP contribution in [0, 0.1) is 0 Å². The van der Waals surface area contributed by atoms with Crippen molar-refractivity contribution >= 4 is 42.3 Å². The van der Waals surface area contributed by atoms with Crippen LogP contribution in [-0.2, 0) is 14.3 Å². The van der Waals surface area contributed by atoms with E-state index < -0.39 is 5.54 Å². The number of halogens is 3. The monoisotopic (exact) mass is 467 g/mol. The summed E-state index contributed by atoms with van der Waals surface area (Å²) >= 11 is 6.06. The smallest absolute Gasteiger partial charge is 0.240 e. The first-order chi connectivity index (χ1) is 12.8. The third-order valence-corrected chi connectivity index (χ3v) is 5.70. The Bertz CT molecular complexity index is 652. The zero-order valence-corrected chi connectivity index (χ0v) is 19.4. The molecule has 1 unspecified atom stereocenters. The van der Waals surface area contributed by atoms with E-state index in [1.54, 1.807) is 0 Å². The van der Waals surface area contributed by atoms with Crippen molar-refractivity contribution in [3.05, 3.63) is 34.9 Å². The second-order valence-corrected chi connectivity index (χ2v) is 8.56. The van der Waals surface area contributed by atoms with Crippen LogP contribution in [-0.4, -0.2) is 61.4 Å². The van der Waals surface area contributed by atoms with Crippen LogP contribution in [0.5, 0.6) is 0 Å². The lowest BCUT2D eigenvalue weighted by atomic mass is 9.90. The van der Waals surface area contributed by atoms with Crippen molar-refractivity contribution in [3.63, 3.8) is 0 Å². The molecule has 0 saturated carbocycles. The summed E-state index contributed by atoms with van der Waals surface area (Å²) in [6.07, 6.45) is 1.10. The first-order valence-electron chi connectivity index (χ1n) is 9.58. The van der Waals surface area contributed by atoms with Crippen molar-refractivity contribution in [1.82, 2.24) is 10.2 Å². The molecule has 3 rings (SSSR count). The molecule has 1 amide bonds. The minimum Gasteiger partial charge on any atom is -0.381 e. The van der Waals surface area contributed by atoms with Gasteiger partial charge < -0.3 is 20.5 Å². The lowest BCUT2D eigenvalue weighted by molar-refractivity contribution is -0.130. The lowest BCUT2D eigenvalue weighted by Gasteiger charge is -2.43. The van der Waals surface area contributed by atoms with Crippen molar-refractivity contribution < 1.29 is 14.3 Å². The summed E-state index contributed by atoms with van der Waals surface area (Å²) in [6, 6.07) is 7.86. The van der Waals surface area contributed by atoms with Gasteiger partial charge in [0.25, 0.3) is 0 Å². The highest BCUT2D eigenvalue weighted by molar-refractivity contribution is 6.30.